The van der Waals surface area contributed by atoms with Gasteiger partial charge in [0.2, 0.25) is 0 Å². The van der Waals surface area contributed by atoms with Gasteiger partial charge in [0, 0.05) is 53.1 Å². The van der Waals surface area contributed by atoms with E-state index in [2.05, 4.69) is 12.0 Å². The fourth-order valence-electron chi connectivity index (χ4n) is 5.16. The summed E-state index contributed by atoms with van der Waals surface area (Å²) >= 11 is 6.10. The summed E-state index contributed by atoms with van der Waals surface area (Å²) in [6.45, 7) is 3.11. The number of rotatable bonds is 11. The maximum Gasteiger partial charge on any atom is 0.405 e. The largest absolute Gasteiger partial charge is 0.405 e. The summed E-state index contributed by atoms with van der Waals surface area (Å²) in [5.41, 5.74) is 3.11. The van der Waals surface area contributed by atoms with Crippen LogP contribution in [-0.2, 0) is 13.6 Å². The molecule has 0 aliphatic heterocycles. The standard InChI is InChI=1S/C29H32ClF3N4O2/c1-4-6-19(7-5-8-27(38)26-14-20-13-21(30)9-12-25(20)36(26)3)15-37-16-23-18(2)22(10-11-24(23)35-37)28(39)34-17-29(31,32)33/h9-14,16,19H,4-8,15,17H2,1-3H3,(H,34,39). The number of amides is 1. The smallest absolute Gasteiger partial charge is 0.343 e. The van der Waals surface area contributed by atoms with Crippen LogP contribution < -0.4 is 5.32 Å². The Morgan fingerprint density at radius 1 is 1.13 bits per heavy atom. The zero-order valence-corrected chi connectivity index (χ0v) is 23.0. The lowest BCUT2D eigenvalue weighted by Gasteiger charge is -2.16. The third kappa shape index (κ3) is 6.82. The van der Waals surface area contributed by atoms with E-state index in [1.54, 1.807) is 13.0 Å². The summed E-state index contributed by atoms with van der Waals surface area (Å²) in [6, 6.07) is 10.7. The van der Waals surface area contributed by atoms with Crippen molar-refractivity contribution in [2.24, 2.45) is 13.0 Å². The van der Waals surface area contributed by atoms with Crippen molar-refractivity contribution >= 4 is 45.1 Å². The molecule has 0 radical (unpaired) electrons. The Kier molecular flexibility index (Phi) is 8.69. The van der Waals surface area contributed by atoms with Gasteiger partial charge in [0.15, 0.2) is 5.78 Å². The number of hydrogen-bond donors (Lipinski definition) is 1. The minimum absolute atomic E-state index is 0.0943. The Labute approximate surface area is 230 Å². The molecule has 1 unspecified atom stereocenters. The first kappa shape index (κ1) is 28.7. The van der Waals surface area contributed by atoms with E-state index in [-0.39, 0.29) is 11.3 Å². The van der Waals surface area contributed by atoms with Gasteiger partial charge in [-0.3, -0.25) is 14.3 Å². The lowest BCUT2D eigenvalue weighted by molar-refractivity contribution is -0.123. The first-order valence-electron chi connectivity index (χ1n) is 13.1. The maximum absolute atomic E-state index is 13.0. The van der Waals surface area contributed by atoms with E-state index in [0.29, 0.717) is 40.7 Å². The molecule has 2 aromatic carbocycles. The number of aromatic nitrogens is 3. The highest BCUT2D eigenvalue weighted by molar-refractivity contribution is 6.31. The molecule has 6 nitrogen and oxygen atoms in total. The average Bonchev–Trinajstić information content (AvgIpc) is 3.43. The number of carbonyl (C=O) groups is 2. The number of Topliss-reactive ketones (excluding diaryl/α,β-unsaturated/α-hetero) is 1. The van der Waals surface area contributed by atoms with Crippen LogP contribution in [0.1, 0.15) is 65.4 Å². The van der Waals surface area contributed by atoms with Crippen LogP contribution >= 0.6 is 11.6 Å². The fraction of sp³-hybridized carbons (Fsp3) is 0.414. The monoisotopic (exact) mass is 560 g/mol. The molecule has 0 aliphatic carbocycles. The number of halogens is 4. The number of carbonyl (C=O) groups excluding carboxylic acids is 2. The van der Waals surface area contributed by atoms with Gasteiger partial charge in [-0.25, -0.2) is 0 Å². The number of nitrogens with one attached hydrogen (secondary N) is 1. The second kappa shape index (κ2) is 11.8. The van der Waals surface area contributed by atoms with Gasteiger partial charge in [-0.1, -0.05) is 24.9 Å². The Morgan fingerprint density at radius 3 is 2.62 bits per heavy atom. The van der Waals surface area contributed by atoms with Crippen molar-refractivity contribution in [3.8, 4) is 0 Å². The molecule has 1 amide bonds. The summed E-state index contributed by atoms with van der Waals surface area (Å²) in [7, 11) is 1.89. The summed E-state index contributed by atoms with van der Waals surface area (Å²) in [4.78, 5) is 25.3. The van der Waals surface area contributed by atoms with Crippen LogP contribution in [0.2, 0.25) is 5.02 Å². The molecule has 4 aromatic rings. The van der Waals surface area contributed by atoms with E-state index in [1.165, 1.54) is 6.07 Å². The van der Waals surface area contributed by atoms with Crippen LogP contribution in [0.25, 0.3) is 21.8 Å². The molecule has 1 atom stereocenters. The molecule has 0 aliphatic rings. The van der Waals surface area contributed by atoms with Crippen LogP contribution in [-0.4, -0.2) is 38.8 Å². The minimum Gasteiger partial charge on any atom is -0.343 e. The molecule has 2 heterocycles. The van der Waals surface area contributed by atoms with Crippen molar-refractivity contribution in [3.63, 3.8) is 0 Å². The van der Waals surface area contributed by atoms with E-state index in [1.807, 2.05) is 52.1 Å². The molecular formula is C29H32ClF3N4O2. The molecule has 0 spiro atoms. The number of benzene rings is 2. The predicted octanol–water partition coefficient (Wildman–Crippen LogP) is 7.25. The van der Waals surface area contributed by atoms with E-state index >= 15 is 0 Å². The van der Waals surface area contributed by atoms with Gasteiger partial charge in [-0.05, 0) is 74.1 Å². The van der Waals surface area contributed by atoms with E-state index in [0.717, 1.165) is 42.0 Å². The number of aryl methyl sites for hydroxylation is 2. The van der Waals surface area contributed by atoms with Gasteiger partial charge in [0.25, 0.3) is 5.91 Å². The minimum atomic E-state index is -4.47. The second-order valence-corrected chi connectivity index (χ2v) is 10.5. The van der Waals surface area contributed by atoms with Crippen molar-refractivity contribution in [1.82, 2.24) is 19.7 Å². The summed E-state index contributed by atoms with van der Waals surface area (Å²) < 4.78 is 41.3. The summed E-state index contributed by atoms with van der Waals surface area (Å²) in [6.07, 6.45) is 1.38. The number of nitrogens with zero attached hydrogens (tertiary/aromatic N) is 3. The first-order chi connectivity index (χ1) is 18.5. The topological polar surface area (TPSA) is 68.9 Å². The van der Waals surface area contributed by atoms with Gasteiger partial charge in [0.05, 0.1) is 11.2 Å². The van der Waals surface area contributed by atoms with Crippen LogP contribution in [0.5, 0.6) is 0 Å². The van der Waals surface area contributed by atoms with Crippen molar-refractivity contribution in [1.29, 1.82) is 0 Å². The fourth-order valence-corrected chi connectivity index (χ4v) is 5.34. The molecular weight excluding hydrogens is 529 g/mol. The van der Waals surface area contributed by atoms with Gasteiger partial charge in [-0.2, -0.15) is 18.3 Å². The lowest BCUT2D eigenvalue weighted by atomic mass is 9.96. The Hall–Kier alpha value is -3.33. The molecule has 0 saturated heterocycles. The van der Waals surface area contributed by atoms with E-state index < -0.39 is 18.6 Å². The number of hydrogen-bond acceptors (Lipinski definition) is 3. The highest BCUT2D eigenvalue weighted by Gasteiger charge is 2.28. The van der Waals surface area contributed by atoms with E-state index in [9.17, 15) is 22.8 Å². The van der Waals surface area contributed by atoms with Gasteiger partial charge in [0.1, 0.15) is 6.54 Å². The van der Waals surface area contributed by atoms with Crippen LogP contribution in [0.15, 0.2) is 42.6 Å². The third-order valence-corrected chi connectivity index (χ3v) is 7.38. The molecule has 208 valence electrons. The average molecular weight is 561 g/mol. The first-order valence-corrected chi connectivity index (χ1v) is 13.4. The van der Waals surface area contributed by atoms with Crippen molar-refractivity contribution in [2.45, 2.75) is 58.7 Å². The van der Waals surface area contributed by atoms with Gasteiger partial charge >= 0.3 is 6.18 Å². The van der Waals surface area contributed by atoms with Gasteiger partial charge in [-0.15, -0.1) is 0 Å². The van der Waals surface area contributed by atoms with Crippen LogP contribution in [0.3, 0.4) is 0 Å². The third-order valence-electron chi connectivity index (χ3n) is 7.15. The number of ketones is 1. The molecule has 10 heteroatoms. The lowest BCUT2D eigenvalue weighted by Crippen LogP contribution is -2.34. The summed E-state index contributed by atoms with van der Waals surface area (Å²) in [5, 5.41) is 8.88. The van der Waals surface area contributed by atoms with Crippen LogP contribution in [0.4, 0.5) is 13.2 Å². The Bertz CT molecular complexity index is 1510. The second-order valence-electron chi connectivity index (χ2n) is 10.1. The van der Waals surface area contributed by atoms with Crippen molar-refractivity contribution < 1.29 is 22.8 Å². The molecule has 1 N–H and O–H groups in total. The molecule has 0 fully saturated rings. The SMILES string of the molecule is CCCC(CCCC(=O)c1cc2cc(Cl)ccc2n1C)Cn1cc2c(C)c(C(=O)NCC(F)(F)F)ccc2n1. The Balaban J connectivity index is 1.40. The Morgan fingerprint density at radius 2 is 1.90 bits per heavy atom. The molecule has 0 bridgehead atoms. The molecule has 0 saturated carbocycles. The van der Waals surface area contributed by atoms with Crippen LogP contribution in [0, 0.1) is 12.8 Å². The highest BCUT2D eigenvalue weighted by Crippen LogP contribution is 2.26. The number of alkyl halides is 3. The van der Waals surface area contributed by atoms with Gasteiger partial charge < -0.3 is 9.88 Å². The molecule has 39 heavy (non-hydrogen) atoms. The van der Waals surface area contributed by atoms with Crippen molar-refractivity contribution in [2.75, 3.05) is 6.54 Å². The summed E-state index contributed by atoms with van der Waals surface area (Å²) in [5.74, 6) is -0.364. The predicted molar refractivity (Wildman–Crippen MR) is 147 cm³/mol. The highest BCUT2D eigenvalue weighted by atomic mass is 35.5. The zero-order valence-electron chi connectivity index (χ0n) is 22.2. The molecule has 4 rings (SSSR count). The van der Waals surface area contributed by atoms with Crippen molar-refractivity contribution in [3.05, 3.63) is 64.4 Å². The normalized spacial score (nSPS) is 12.8. The zero-order chi connectivity index (χ0) is 28.3. The quantitative estimate of drug-likeness (QED) is 0.196. The molecule has 2 aromatic heterocycles. The number of fused-ring (bicyclic) bond motifs is 2. The maximum atomic E-state index is 13.0. The van der Waals surface area contributed by atoms with E-state index in [4.69, 9.17) is 11.6 Å².